The van der Waals surface area contributed by atoms with Crippen molar-refractivity contribution in [2.75, 3.05) is 45.2 Å². The first-order valence-electron chi connectivity index (χ1n) is 12.7. The number of aromatic nitrogens is 1. The lowest BCUT2D eigenvalue weighted by Crippen LogP contribution is -2.39. The van der Waals surface area contributed by atoms with E-state index >= 15 is 0 Å². The van der Waals surface area contributed by atoms with Gasteiger partial charge in [-0.3, -0.25) is 9.69 Å². The molecule has 0 bridgehead atoms. The lowest BCUT2D eigenvalue weighted by Gasteiger charge is -2.30. The number of hydrogen-bond acceptors (Lipinski definition) is 6. The first kappa shape index (κ1) is 26.7. The Kier molecular flexibility index (Phi) is 8.44. The van der Waals surface area contributed by atoms with Crippen molar-refractivity contribution < 1.29 is 13.2 Å². The maximum atomic E-state index is 13.6. The van der Waals surface area contributed by atoms with E-state index in [0.29, 0.717) is 36.2 Å². The van der Waals surface area contributed by atoms with Crippen molar-refractivity contribution in [3.05, 3.63) is 53.6 Å². The maximum Gasteiger partial charge on any atom is 0.260 e. The third-order valence-electron chi connectivity index (χ3n) is 6.67. The number of fused-ring (bicyclic) bond motifs is 1. The largest absolute Gasteiger partial charge is 0.309 e. The molecule has 2 heterocycles. The van der Waals surface area contributed by atoms with Crippen molar-refractivity contribution in [2.24, 2.45) is 5.92 Å². The van der Waals surface area contributed by atoms with E-state index in [1.165, 1.54) is 16.9 Å². The maximum absolute atomic E-state index is 13.6. The molecule has 0 aliphatic carbocycles. The summed E-state index contributed by atoms with van der Waals surface area (Å²) >= 11 is 1.52. The molecule has 194 valence electrons. The minimum absolute atomic E-state index is 0.168. The molecule has 1 aliphatic heterocycles. The van der Waals surface area contributed by atoms with Gasteiger partial charge in [-0.05, 0) is 94.2 Å². The van der Waals surface area contributed by atoms with Crippen LogP contribution in [0.5, 0.6) is 0 Å². The van der Waals surface area contributed by atoms with Crippen LogP contribution in [0.3, 0.4) is 0 Å². The molecule has 1 aromatic heterocycles. The van der Waals surface area contributed by atoms with Gasteiger partial charge in [0, 0.05) is 25.2 Å². The zero-order valence-corrected chi connectivity index (χ0v) is 23.2. The molecule has 9 heteroatoms. The number of amides is 1. The Balaban J connectivity index is 1.60. The highest BCUT2D eigenvalue weighted by Gasteiger charge is 2.29. The van der Waals surface area contributed by atoms with Gasteiger partial charge >= 0.3 is 0 Å². The van der Waals surface area contributed by atoms with Gasteiger partial charge in [-0.25, -0.2) is 13.4 Å². The third-order valence-corrected chi connectivity index (χ3v) is 9.59. The fourth-order valence-electron chi connectivity index (χ4n) is 4.56. The Morgan fingerprint density at radius 2 is 1.89 bits per heavy atom. The molecule has 3 aromatic rings. The molecule has 1 aliphatic rings. The minimum Gasteiger partial charge on any atom is -0.309 e. The van der Waals surface area contributed by atoms with E-state index in [0.717, 1.165) is 42.4 Å². The first-order chi connectivity index (χ1) is 17.2. The lowest BCUT2D eigenvalue weighted by atomic mass is 10.0. The van der Waals surface area contributed by atoms with Crippen molar-refractivity contribution >= 4 is 42.6 Å². The molecule has 0 saturated carbocycles. The number of benzene rings is 2. The standard InChI is InChI=1S/C27H36N4O3S2/c1-5-21-9-14-24-25(18-21)35-27(28-24)31(17-7-15-29(3)4)26(32)22-10-12-23(13-11-22)36(33,34)30-16-6-8-20(2)19-30/h9-14,18,20H,5-8,15-17,19H2,1-4H3. The van der Waals surface area contributed by atoms with Gasteiger partial charge in [0.15, 0.2) is 5.13 Å². The second kappa shape index (κ2) is 11.4. The van der Waals surface area contributed by atoms with Crippen LogP contribution >= 0.6 is 11.3 Å². The van der Waals surface area contributed by atoms with Crippen LogP contribution in [0.1, 0.15) is 49.0 Å². The highest BCUT2D eigenvalue weighted by atomic mass is 32.2. The van der Waals surface area contributed by atoms with E-state index in [1.54, 1.807) is 33.5 Å². The lowest BCUT2D eigenvalue weighted by molar-refractivity contribution is 0.0986. The van der Waals surface area contributed by atoms with Crippen LogP contribution in [0.25, 0.3) is 10.2 Å². The second-order valence-electron chi connectivity index (χ2n) is 9.90. The number of aryl methyl sites for hydroxylation is 1. The van der Waals surface area contributed by atoms with E-state index < -0.39 is 10.0 Å². The van der Waals surface area contributed by atoms with Crippen LogP contribution in [0, 0.1) is 5.92 Å². The number of nitrogens with zero attached hydrogens (tertiary/aromatic N) is 4. The molecular weight excluding hydrogens is 492 g/mol. The van der Waals surface area contributed by atoms with Gasteiger partial charge in [0.2, 0.25) is 10.0 Å². The van der Waals surface area contributed by atoms with Gasteiger partial charge in [0.1, 0.15) is 0 Å². The summed E-state index contributed by atoms with van der Waals surface area (Å²) < 4.78 is 28.9. The van der Waals surface area contributed by atoms with E-state index in [4.69, 9.17) is 4.98 Å². The van der Waals surface area contributed by atoms with Gasteiger partial charge in [-0.2, -0.15) is 4.31 Å². The highest BCUT2D eigenvalue weighted by molar-refractivity contribution is 7.89. The monoisotopic (exact) mass is 528 g/mol. The van der Waals surface area contributed by atoms with Gasteiger partial charge in [0.25, 0.3) is 5.91 Å². The zero-order chi connectivity index (χ0) is 25.9. The molecule has 4 rings (SSSR count). The summed E-state index contributed by atoms with van der Waals surface area (Å²) in [6, 6.07) is 12.6. The summed E-state index contributed by atoms with van der Waals surface area (Å²) in [7, 11) is 0.460. The Morgan fingerprint density at radius 1 is 1.14 bits per heavy atom. The molecule has 0 spiro atoms. The summed E-state index contributed by atoms with van der Waals surface area (Å²) in [5, 5.41) is 0.668. The van der Waals surface area contributed by atoms with E-state index in [-0.39, 0.29) is 10.8 Å². The molecular formula is C27H36N4O3S2. The van der Waals surface area contributed by atoms with Crippen LogP contribution in [0.2, 0.25) is 0 Å². The number of sulfonamides is 1. The van der Waals surface area contributed by atoms with Crippen LogP contribution in [-0.4, -0.2) is 68.8 Å². The number of thiazole rings is 1. The quantitative estimate of drug-likeness (QED) is 0.396. The van der Waals surface area contributed by atoms with Crippen LogP contribution in [0.15, 0.2) is 47.4 Å². The third kappa shape index (κ3) is 5.96. The Morgan fingerprint density at radius 3 is 2.56 bits per heavy atom. The minimum atomic E-state index is -3.56. The molecule has 1 fully saturated rings. The summed E-state index contributed by atoms with van der Waals surface area (Å²) in [5.74, 6) is 0.186. The topological polar surface area (TPSA) is 73.8 Å². The number of anilines is 1. The normalized spacial score (nSPS) is 17.1. The molecule has 1 saturated heterocycles. The van der Waals surface area contributed by atoms with Gasteiger partial charge < -0.3 is 4.90 Å². The SMILES string of the molecule is CCc1ccc2nc(N(CCCN(C)C)C(=O)c3ccc(S(=O)(=O)N4CCCC(C)C4)cc3)sc2c1. The van der Waals surface area contributed by atoms with Crippen molar-refractivity contribution in [2.45, 2.75) is 44.4 Å². The molecule has 1 unspecified atom stereocenters. The summed E-state index contributed by atoms with van der Waals surface area (Å²) in [4.78, 5) is 22.5. The van der Waals surface area contributed by atoms with Crippen molar-refractivity contribution in [3.63, 3.8) is 0 Å². The Labute approximate surface area is 218 Å². The molecule has 0 radical (unpaired) electrons. The first-order valence-corrected chi connectivity index (χ1v) is 14.9. The molecule has 1 amide bonds. The zero-order valence-electron chi connectivity index (χ0n) is 21.6. The van der Waals surface area contributed by atoms with E-state index in [1.807, 2.05) is 20.2 Å². The average Bonchev–Trinajstić information content (AvgIpc) is 3.29. The fraction of sp³-hybridized carbons (Fsp3) is 0.481. The summed E-state index contributed by atoms with van der Waals surface area (Å²) in [6.45, 7) is 6.67. The molecule has 0 N–H and O–H groups in total. The molecule has 36 heavy (non-hydrogen) atoms. The average molecular weight is 529 g/mol. The molecule has 1 atom stereocenters. The van der Waals surface area contributed by atoms with E-state index in [2.05, 4.69) is 30.9 Å². The van der Waals surface area contributed by atoms with Crippen molar-refractivity contribution in [1.29, 1.82) is 0 Å². The predicted octanol–water partition coefficient (Wildman–Crippen LogP) is 4.88. The van der Waals surface area contributed by atoms with E-state index in [9.17, 15) is 13.2 Å². The number of rotatable bonds is 9. The molecule has 7 nitrogen and oxygen atoms in total. The van der Waals surface area contributed by atoms with Gasteiger partial charge in [0.05, 0.1) is 15.1 Å². The number of piperidine rings is 1. The highest BCUT2D eigenvalue weighted by Crippen LogP contribution is 2.31. The van der Waals surface area contributed by atoms with Crippen LogP contribution in [0.4, 0.5) is 5.13 Å². The summed E-state index contributed by atoms with van der Waals surface area (Å²) in [6.07, 6.45) is 3.67. The van der Waals surface area contributed by atoms with Crippen LogP contribution < -0.4 is 4.90 Å². The number of carbonyl (C=O) groups excluding carboxylic acids is 1. The van der Waals surface area contributed by atoms with Gasteiger partial charge in [-0.1, -0.05) is 31.3 Å². The second-order valence-corrected chi connectivity index (χ2v) is 12.8. The Bertz CT molecular complexity index is 1300. The number of hydrogen-bond donors (Lipinski definition) is 0. The summed E-state index contributed by atoms with van der Waals surface area (Å²) in [5.41, 5.74) is 2.58. The Hall–Kier alpha value is -2.33. The van der Waals surface area contributed by atoms with Crippen LogP contribution in [-0.2, 0) is 16.4 Å². The smallest absolute Gasteiger partial charge is 0.260 e. The molecule has 2 aromatic carbocycles. The van der Waals surface area contributed by atoms with Gasteiger partial charge in [-0.15, -0.1) is 0 Å². The van der Waals surface area contributed by atoms with Crippen molar-refractivity contribution in [3.8, 4) is 0 Å². The fourth-order valence-corrected chi connectivity index (χ4v) is 7.21. The predicted molar refractivity (Wildman–Crippen MR) is 147 cm³/mol. The van der Waals surface area contributed by atoms with Crippen molar-refractivity contribution in [1.82, 2.24) is 14.2 Å². The number of carbonyl (C=O) groups is 1.